The topological polar surface area (TPSA) is 143 Å². The molecular weight excluding hydrogens is 608 g/mol. The van der Waals surface area contributed by atoms with Crippen LogP contribution in [-0.2, 0) is 30.5 Å². The molecule has 2 aromatic rings. The second kappa shape index (κ2) is 15.9. The van der Waals surface area contributed by atoms with Gasteiger partial charge in [0, 0.05) is 29.6 Å². The van der Waals surface area contributed by atoms with Crippen LogP contribution in [0.1, 0.15) is 68.9 Å². The van der Waals surface area contributed by atoms with Crippen molar-refractivity contribution in [3.05, 3.63) is 70.3 Å². The van der Waals surface area contributed by atoms with Crippen LogP contribution >= 0.6 is 11.6 Å². The smallest absolute Gasteiger partial charge is 0.289 e. The van der Waals surface area contributed by atoms with Crippen LogP contribution < -0.4 is 26.0 Å². The summed E-state index contributed by atoms with van der Waals surface area (Å²) < 4.78 is 5.76. The number of benzene rings is 2. The highest BCUT2D eigenvalue weighted by atomic mass is 35.5. The molecule has 3 aliphatic rings. The highest BCUT2D eigenvalue weighted by Gasteiger charge is 2.36. The lowest BCUT2D eigenvalue weighted by Crippen LogP contribution is -2.55. The zero-order valence-electron chi connectivity index (χ0n) is 25.8. The monoisotopic (exact) mass is 648 g/mol. The number of amides is 4. The van der Waals surface area contributed by atoms with Gasteiger partial charge >= 0.3 is 0 Å². The molecule has 2 heterocycles. The molecule has 5 rings (SSSR count). The molecule has 10 nitrogen and oxygen atoms in total. The van der Waals surface area contributed by atoms with Gasteiger partial charge in [-0.15, -0.1) is 0 Å². The number of piperidine rings is 1. The predicted molar refractivity (Wildman–Crippen MR) is 174 cm³/mol. The Hall–Kier alpha value is -4.18. The zero-order chi connectivity index (χ0) is 32.5. The molecule has 2 aromatic carbocycles. The number of hydrogen-bond donors (Lipinski definition) is 4. The van der Waals surface area contributed by atoms with Crippen molar-refractivity contribution in [2.45, 2.75) is 76.4 Å². The van der Waals surface area contributed by atoms with Gasteiger partial charge in [0.2, 0.25) is 17.6 Å². The maximum atomic E-state index is 13.9. The molecule has 3 atom stereocenters. The lowest BCUT2D eigenvalue weighted by molar-refractivity contribution is -0.141. The Morgan fingerprint density at radius 2 is 1.70 bits per heavy atom. The van der Waals surface area contributed by atoms with E-state index < -0.39 is 41.5 Å². The minimum Gasteiger partial charge on any atom is -0.488 e. The second-order valence-electron chi connectivity index (χ2n) is 12.4. The quantitative estimate of drug-likeness (QED) is 0.258. The van der Waals surface area contributed by atoms with Crippen LogP contribution in [0.2, 0.25) is 5.02 Å². The van der Waals surface area contributed by atoms with Crippen LogP contribution in [0.5, 0.6) is 5.75 Å². The summed E-state index contributed by atoms with van der Waals surface area (Å²) in [6, 6.07) is 12.1. The van der Waals surface area contributed by atoms with Crippen LogP contribution in [0, 0.1) is 11.8 Å². The van der Waals surface area contributed by atoms with Gasteiger partial charge in [0.05, 0.1) is 11.6 Å². The normalized spacial score (nSPS) is 19.3. The average Bonchev–Trinajstić information content (AvgIpc) is 3.07. The van der Waals surface area contributed by atoms with E-state index in [1.807, 2.05) is 30.3 Å². The molecule has 0 bridgehead atoms. The first-order valence-corrected chi connectivity index (χ1v) is 16.5. The number of ketones is 1. The number of Topliss-reactive ketones (excluding diaryl/α,β-unsaturated/α-hetero) is 1. The summed E-state index contributed by atoms with van der Waals surface area (Å²) in [4.78, 5) is 66.6. The first-order valence-electron chi connectivity index (χ1n) is 16.1. The summed E-state index contributed by atoms with van der Waals surface area (Å²) in [5, 5.41) is 11.6. The van der Waals surface area contributed by atoms with Gasteiger partial charge in [0.25, 0.3) is 11.8 Å². The van der Waals surface area contributed by atoms with Crippen molar-refractivity contribution >= 4 is 47.1 Å². The molecule has 2 aliphatic heterocycles. The molecule has 0 unspecified atom stereocenters. The van der Waals surface area contributed by atoms with Crippen molar-refractivity contribution in [1.82, 2.24) is 21.3 Å². The summed E-state index contributed by atoms with van der Waals surface area (Å²) in [7, 11) is 0. The fourth-order valence-electron chi connectivity index (χ4n) is 6.39. The van der Waals surface area contributed by atoms with Crippen LogP contribution in [-0.4, -0.2) is 54.6 Å². The van der Waals surface area contributed by atoms with Crippen molar-refractivity contribution in [2.24, 2.45) is 11.8 Å². The van der Waals surface area contributed by atoms with Crippen molar-refractivity contribution in [2.75, 3.05) is 13.2 Å². The van der Waals surface area contributed by atoms with E-state index in [0.29, 0.717) is 41.3 Å². The van der Waals surface area contributed by atoms with Crippen molar-refractivity contribution in [3.63, 3.8) is 0 Å². The zero-order valence-corrected chi connectivity index (χ0v) is 26.6. The number of carbonyl (C=O) groups is 5. The number of hydrogen-bond acceptors (Lipinski definition) is 6. The Bertz CT molecular complexity index is 1470. The fraction of sp³-hybridized carbons (Fsp3) is 0.457. The molecule has 46 heavy (non-hydrogen) atoms. The lowest BCUT2D eigenvalue weighted by Gasteiger charge is -2.30. The Balaban J connectivity index is 1.33. The maximum Gasteiger partial charge on any atom is 0.289 e. The van der Waals surface area contributed by atoms with E-state index in [9.17, 15) is 24.0 Å². The number of carbonyl (C=O) groups excluding carboxylic acids is 5. The Morgan fingerprint density at radius 3 is 2.46 bits per heavy atom. The van der Waals surface area contributed by atoms with E-state index in [4.69, 9.17) is 16.3 Å². The lowest BCUT2D eigenvalue weighted by atomic mass is 9.84. The highest BCUT2D eigenvalue weighted by molar-refractivity contribution is 6.38. The summed E-state index contributed by atoms with van der Waals surface area (Å²) >= 11 is 6.14. The third kappa shape index (κ3) is 8.96. The average molecular weight is 649 g/mol. The van der Waals surface area contributed by atoms with Gasteiger partial charge in [-0.25, -0.2) is 0 Å². The van der Waals surface area contributed by atoms with Crippen LogP contribution in [0.4, 0.5) is 0 Å². The maximum absolute atomic E-state index is 13.9. The van der Waals surface area contributed by atoms with Crippen LogP contribution in [0.25, 0.3) is 6.08 Å². The first kappa shape index (κ1) is 33.2. The molecule has 1 saturated heterocycles. The molecule has 0 radical (unpaired) electrons. The molecule has 4 N–H and O–H groups in total. The predicted octanol–water partition coefficient (Wildman–Crippen LogP) is 3.86. The second-order valence-corrected chi connectivity index (χ2v) is 12.8. The van der Waals surface area contributed by atoms with E-state index in [-0.39, 0.29) is 31.4 Å². The van der Waals surface area contributed by atoms with Gasteiger partial charge in [-0.2, -0.15) is 0 Å². The number of rotatable bonds is 12. The van der Waals surface area contributed by atoms with Gasteiger partial charge in [0.15, 0.2) is 0 Å². The van der Waals surface area contributed by atoms with Crippen molar-refractivity contribution < 1.29 is 28.7 Å². The summed E-state index contributed by atoms with van der Waals surface area (Å²) in [5.41, 5.74) is 1.81. The summed E-state index contributed by atoms with van der Waals surface area (Å²) in [6.07, 6.45) is 8.43. The molecule has 1 aliphatic carbocycles. The third-order valence-electron chi connectivity index (χ3n) is 8.96. The molecule has 244 valence electrons. The minimum atomic E-state index is -1.24. The number of ether oxygens (including phenoxy) is 1. The van der Waals surface area contributed by atoms with Crippen molar-refractivity contribution in [1.29, 1.82) is 0 Å². The largest absolute Gasteiger partial charge is 0.488 e. The molecule has 4 amide bonds. The first-order chi connectivity index (χ1) is 22.3. The molecule has 0 spiro atoms. The van der Waals surface area contributed by atoms with E-state index in [2.05, 4.69) is 21.3 Å². The van der Waals surface area contributed by atoms with Crippen LogP contribution in [0.3, 0.4) is 0 Å². The third-order valence-corrected chi connectivity index (χ3v) is 9.20. The standard InChI is InChI=1S/C35H41ClN4O6/c36-27-13-14-30-25(18-27)17-26(21-46-30)33(43)40-29(16-22-8-3-1-4-9-22)34(44)39-28(19-24-12-7-15-37-32(24)42)31(41)35(45)38-20-23-10-5-2-6-11-23/h2,5-6,10-11,13-14,17-18,22,24,28-29H,1,3-4,7-9,12,15-16,19-21H2,(H,37,42)(H,38,45)(H,39,44)(H,40,43)/t24-,28-,29-/m0/s1. The SMILES string of the molecule is O=C(NCc1ccccc1)C(=O)[C@H](C[C@@H]1CCCNC1=O)NC(=O)[C@H](CC1CCCCC1)NC(=O)C1=Cc2cc(Cl)ccc2OC1. The Labute approximate surface area is 274 Å². The van der Waals surface area contributed by atoms with Gasteiger partial charge < -0.3 is 26.0 Å². The van der Waals surface area contributed by atoms with Gasteiger partial charge in [0.1, 0.15) is 18.4 Å². The molecule has 2 fully saturated rings. The Morgan fingerprint density at radius 1 is 0.913 bits per heavy atom. The fourth-order valence-corrected chi connectivity index (χ4v) is 6.57. The van der Waals surface area contributed by atoms with E-state index in [0.717, 1.165) is 44.1 Å². The van der Waals surface area contributed by atoms with Gasteiger partial charge in [-0.05, 0) is 61.4 Å². The summed E-state index contributed by atoms with van der Waals surface area (Å²) in [6.45, 7) is 0.712. The molecular formula is C35H41ClN4O6. The number of nitrogens with one attached hydrogen (secondary N) is 4. The van der Waals surface area contributed by atoms with E-state index in [1.54, 1.807) is 24.3 Å². The van der Waals surface area contributed by atoms with Crippen LogP contribution in [0.15, 0.2) is 54.1 Å². The van der Waals surface area contributed by atoms with E-state index in [1.165, 1.54) is 0 Å². The minimum absolute atomic E-state index is 0.0181. The van der Waals surface area contributed by atoms with E-state index >= 15 is 0 Å². The number of fused-ring (bicyclic) bond motifs is 1. The molecule has 0 aromatic heterocycles. The van der Waals surface area contributed by atoms with Crippen molar-refractivity contribution in [3.8, 4) is 5.75 Å². The Kier molecular flexibility index (Phi) is 11.5. The number of halogens is 1. The molecule has 11 heteroatoms. The summed E-state index contributed by atoms with van der Waals surface area (Å²) in [5.74, 6) is -2.62. The van der Waals surface area contributed by atoms with Gasteiger partial charge in [-0.1, -0.05) is 74.0 Å². The van der Waals surface area contributed by atoms with Gasteiger partial charge in [-0.3, -0.25) is 24.0 Å². The molecule has 1 saturated carbocycles. The highest BCUT2D eigenvalue weighted by Crippen LogP contribution is 2.30.